The van der Waals surface area contributed by atoms with Gasteiger partial charge in [0.1, 0.15) is 0 Å². The fourth-order valence-corrected chi connectivity index (χ4v) is 2.27. The number of halogens is 1. The van der Waals surface area contributed by atoms with Gasteiger partial charge in [-0.2, -0.15) is 5.10 Å². The fourth-order valence-electron chi connectivity index (χ4n) is 1.91. The number of rotatable bonds is 2. The number of nitrogens with two attached hydrogens (primary N) is 1. The Balaban J connectivity index is 2.72. The van der Waals surface area contributed by atoms with E-state index in [1.807, 2.05) is 37.6 Å². The van der Waals surface area contributed by atoms with Gasteiger partial charge in [0, 0.05) is 15.7 Å². The molecule has 1 aromatic heterocycles. The predicted octanol–water partition coefficient (Wildman–Crippen LogP) is 2.65. The van der Waals surface area contributed by atoms with E-state index in [1.165, 1.54) is 0 Å². The minimum absolute atomic E-state index is 0.0570. The molecule has 0 spiro atoms. The summed E-state index contributed by atoms with van der Waals surface area (Å²) < 4.78 is 2.67. The van der Waals surface area contributed by atoms with Crippen molar-refractivity contribution in [3.05, 3.63) is 45.2 Å². The highest BCUT2D eigenvalue weighted by atomic mass is 79.9. The Hall–Kier alpha value is -1.82. The normalized spacial score (nSPS) is 11.9. The minimum Gasteiger partial charge on any atom is -0.409 e. The molecule has 0 saturated heterocycles. The van der Waals surface area contributed by atoms with Crippen molar-refractivity contribution in [1.82, 2.24) is 9.78 Å². The molecule has 0 bridgehead atoms. The van der Waals surface area contributed by atoms with E-state index in [1.54, 1.807) is 6.07 Å². The number of amidine groups is 1. The van der Waals surface area contributed by atoms with Crippen LogP contribution >= 0.6 is 15.9 Å². The van der Waals surface area contributed by atoms with E-state index in [4.69, 9.17) is 10.9 Å². The lowest BCUT2D eigenvalue weighted by molar-refractivity contribution is 0.318. The summed E-state index contributed by atoms with van der Waals surface area (Å²) in [7, 11) is 0. The van der Waals surface area contributed by atoms with Crippen LogP contribution in [0.4, 0.5) is 0 Å². The van der Waals surface area contributed by atoms with Crippen LogP contribution in [0, 0.1) is 20.8 Å². The van der Waals surface area contributed by atoms with Gasteiger partial charge in [0.05, 0.1) is 11.4 Å². The molecule has 0 atom stereocenters. The largest absolute Gasteiger partial charge is 0.409 e. The predicted molar refractivity (Wildman–Crippen MR) is 78.0 cm³/mol. The Morgan fingerprint density at radius 2 is 2.05 bits per heavy atom. The first-order valence-electron chi connectivity index (χ1n) is 5.76. The monoisotopic (exact) mass is 322 g/mol. The van der Waals surface area contributed by atoms with Crippen LogP contribution in [0.3, 0.4) is 0 Å². The van der Waals surface area contributed by atoms with E-state index in [-0.39, 0.29) is 5.84 Å². The first-order valence-corrected chi connectivity index (χ1v) is 6.55. The topological polar surface area (TPSA) is 76.4 Å². The molecule has 6 heteroatoms. The number of hydrogen-bond acceptors (Lipinski definition) is 3. The highest BCUT2D eigenvalue weighted by molar-refractivity contribution is 9.10. The zero-order chi connectivity index (χ0) is 14.2. The van der Waals surface area contributed by atoms with E-state index in [9.17, 15) is 0 Å². The van der Waals surface area contributed by atoms with Crippen LogP contribution in [0.5, 0.6) is 0 Å². The Morgan fingerprint density at radius 1 is 1.37 bits per heavy atom. The lowest BCUT2D eigenvalue weighted by Gasteiger charge is -2.11. The fraction of sp³-hybridized carbons (Fsp3) is 0.231. The number of oxime groups is 1. The van der Waals surface area contributed by atoms with E-state index in [2.05, 4.69) is 26.2 Å². The summed E-state index contributed by atoms with van der Waals surface area (Å²) in [5, 5.41) is 16.5. The van der Waals surface area contributed by atoms with Crippen molar-refractivity contribution in [2.24, 2.45) is 10.9 Å². The standard InChI is InChI=1S/C13H15BrN4O/c1-7-8(2)16-18(9(7)3)12-5-4-10(14)6-11(12)13(15)17-19/h4-6,19H,1-3H3,(H2,15,17). The van der Waals surface area contributed by atoms with Crippen molar-refractivity contribution in [2.75, 3.05) is 0 Å². The van der Waals surface area contributed by atoms with Gasteiger partial charge >= 0.3 is 0 Å². The molecule has 0 aliphatic rings. The van der Waals surface area contributed by atoms with E-state index in [0.717, 1.165) is 27.1 Å². The van der Waals surface area contributed by atoms with Gasteiger partial charge in [0.2, 0.25) is 0 Å². The number of hydrogen-bond donors (Lipinski definition) is 2. The summed E-state index contributed by atoms with van der Waals surface area (Å²) in [5.74, 6) is 0.0570. The highest BCUT2D eigenvalue weighted by Gasteiger charge is 2.15. The lowest BCUT2D eigenvalue weighted by atomic mass is 10.1. The van der Waals surface area contributed by atoms with Crippen molar-refractivity contribution in [2.45, 2.75) is 20.8 Å². The number of aromatic nitrogens is 2. The summed E-state index contributed by atoms with van der Waals surface area (Å²) in [4.78, 5) is 0. The molecule has 19 heavy (non-hydrogen) atoms. The van der Waals surface area contributed by atoms with Gasteiger partial charge in [-0.05, 0) is 44.5 Å². The smallest absolute Gasteiger partial charge is 0.172 e. The van der Waals surface area contributed by atoms with Crippen molar-refractivity contribution < 1.29 is 5.21 Å². The van der Waals surface area contributed by atoms with Gasteiger partial charge in [-0.3, -0.25) is 0 Å². The number of benzene rings is 1. The second-order valence-corrected chi connectivity index (χ2v) is 5.27. The zero-order valence-corrected chi connectivity index (χ0v) is 12.6. The molecule has 0 amide bonds. The van der Waals surface area contributed by atoms with Crippen LogP contribution in [0.2, 0.25) is 0 Å². The molecule has 2 rings (SSSR count). The highest BCUT2D eigenvalue weighted by Crippen LogP contribution is 2.23. The quantitative estimate of drug-likeness (QED) is 0.386. The van der Waals surface area contributed by atoms with Crippen molar-refractivity contribution in [3.63, 3.8) is 0 Å². The molecule has 100 valence electrons. The molecule has 1 aromatic carbocycles. The molecule has 1 heterocycles. The summed E-state index contributed by atoms with van der Waals surface area (Å²) >= 11 is 3.38. The summed E-state index contributed by atoms with van der Waals surface area (Å²) in [6.45, 7) is 5.98. The Kier molecular flexibility index (Phi) is 3.61. The van der Waals surface area contributed by atoms with Gasteiger partial charge in [-0.1, -0.05) is 21.1 Å². The van der Waals surface area contributed by atoms with Crippen LogP contribution in [0.25, 0.3) is 5.69 Å². The average Bonchev–Trinajstić information content (AvgIpc) is 2.65. The summed E-state index contributed by atoms with van der Waals surface area (Å²) in [5.41, 5.74) is 10.3. The Labute approximate surface area is 119 Å². The number of nitrogens with zero attached hydrogens (tertiary/aromatic N) is 3. The van der Waals surface area contributed by atoms with Crippen LogP contribution in [0.1, 0.15) is 22.5 Å². The maximum absolute atomic E-state index is 8.90. The molecular formula is C13H15BrN4O. The van der Waals surface area contributed by atoms with Crippen LogP contribution in [0.15, 0.2) is 27.8 Å². The van der Waals surface area contributed by atoms with E-state index < -0.39 is 0 Å². The molecule has 2 aromatic rings. The third-order valence-electron chi connectivity index (χ3n) is 3.22. The third kappa shape index (κ3) is 2.35. The summed E-state index contributed by atoms with van der Waals surface area (Å²) in [6, 6.07) is 5.59. The number of aryl methyl sites for hydroxylation is 1. The van der Waals surface area contributed by atoms with E-state index in [0.29, 0.717) is 5.56 Å². The van der Waals surface area contributed by atoms with Gasteiger partial charge in [0.25, 0.3) is 0 Å². The average molecular weight is 323 g/mol. The summed E-state index contributed by atoms with van der Waals surface area (Å²) in [6.07, 6.45) is 0. The van der Waals surface area contributed by atoms with Crippen molar-refractivity contribution >= 4 is 21.8 Å². The van der Waals surface area contributed by atoms with Gasteiger partial charge in [0.15, 0.2) is 5.84 Å². The van der Waals surface area contributed by atoms with Crippen molar-refractivity contribution in [1.29, 1.82) is 0 Å². The van der Waals surface area contributed by atoms with Crippen LogP contribution in [-0.2, 0) is 0 Å². The third-order valence-corrected chi connectivity index (χ3v) is 3.72. The first-order chi connectivity index (χ1) is 8.95. The SMILES string of the molecule is Cc1nn(-c2ccc(Br)cc2/C(N)=N/O)c(C)c1C. The van der Waals surface area contributed by atoms with Crippen LogP contribution < -0.4 is 5.73 Å². The van der Waals surface area contributed by atoms with Crippen molar-refractivity contribution in [3.8, 4) is 5.69 Å². The second-order valence-electron chi connectivity index (χ2n) is 4.35. The molecule has 0 aliphatic carbocycles. The van der Waals surface area contributed by atoms with Crippen LogP contribution in [-0.4, -0.2) is 20.8 Å². The zero-order valence-electron chi connectivity index (χ0n) is 11.0. The maximum Gasteiger partial charge on any atom is 0.172 e. The molecule has 5 nitrogen and oxygen atoms in total. The molecule has 3 N–H and O–H groups in total. The second kappa shape index (κ2) is 5.05. The van der Waals surface area contributed by atoms with Gasteiger partial charge < -0.3 is 10.9 Å². The molecule has 0 aliphatic heterocycles. The van der Waals surface area contributed by atoms with Gasteiger partial charge in [-0.15, -0.1) is 0 Å². The Bertz CT molecular complexity index is 661. The van der Waals surface area contributed by atoms with E-state index >= 15 is 0 Å². The molecular weight excluding hydrogens is 308 g/mol. The lowest BCUT2D eigenvalue weighted by Crippen LogP contribution is -2.17. The first kappa shape index (κ1) is 13.6. The molecule has 0 unspecified atom stereocenters. The van der Waals surface area contributed by atoms with Gasteiger partial charge in [-0.25, -0.2) is 4.68 Å². The minimum atomic E-state index is 0.0570. The molecule has 0 saturated carbocycles. The Morgan fingerprint density at radius 3 is 2.58 bits per heavy atom. The maximum atomic E-state index is 8.90. The molecule has 0 fully saturated rings. The molecule has 0 radical (unpaired) electrons.